The van der Waals surface area contributed by atoms with E-state index in [0.717, 1.165) is 38.0 Å². The lowest BCUT2D eigenvalue weighted by Crippen LogP contribution is -2.34. The zero-order valence-corrected chi connectivity index (χ0v) is 14.0. The summed E-state index contributed by atoms with van der Waals surface area (Å²) in [5, 5.41) is 3.33. The quantitative estimate of drug-likeness (QED) is 0.817. The summed E-state index contributed by atoms with van der Waals surface area (Å²) in [6.07, 6.45) is 5.40. The lowest BCUT2D eigenvalue weighted by molar-refractivity contribution is -0.107. The van der Waals surface area contributed by atoms with Crippen LogP contribution in [0.4, 0.5) is 0 Å². The summed E-state index contributed by atoms with van der Waals surface area (Å²) in [5.41, 5.74) is 1.28. The van der Waals surface area contributed by atoms with E-state index in [1.54, 1.807) is 0 Å². The maximum atomic E-state index is 9.17. The van der Waals surface area contributed by atoms with Crippen LogP contribution in [0.5, 0.6) is 5.75 Å². The van der Waals surface area contributed by atoms with Gasteiger partial charge in [-0.15, -0.1) is 0 Å². The molecule has 1 aliphatic heterocycles. The molecule has 128 valence electrons. The molecule has 0 atom stereocenters. The van der Waals surface area contributed by atoms with Gasteiger partial charge in [-0.2, -0.15) is 0 Å². The van der Waals surface area contributed by atoms with Crippen molar-refractivity contribution in [1.82, 2.24) is 5.32 Å². The van der Waals surface area contributed by atoms with E-state index in [4.69, 9.17) is 4.74 Å². The van der Waals surface area contributed by atoms with Crippen molar-refractivity contribution in [2.24, 2.45) is 0 Å². The molecule has 1 aromatic carbocycles. The van der Waals surface area contributed by atoms with Gasteiger partial charge in [0, 0.05) is 6.42 Å². The lowest BCUT2D eigenvalue weighted by atomic mass is 10.1. The number of hydrogen-bond donors (Lipinski definition) is 1. The Morgan fingerprint density at radius 2 is 1.59 bits per heavy atom. The van der Waals surface area contributed by atoms with Gasteiger partial charge >= 0.3 is 0 Å². The normalized spacial score (nSPS) is 13.5. The van der Waals surface area contributed by atoms with Gasteiger partial charge in [-0.25, -0.2) is 0 Å². The Labute approximate surface area is 137 Å². The van der Waals surface area contributed by atoms with E-state index in [1.165, 1.54) is 12.0 Å². The number of piperidine rings is 1. The third kappa shape index (κ3) is 12.4. The second-order valence-electron chi connectivity index (χ2n) is 5.16. The highest BCUT2D eigenvalue weighted by Gasteiger charge is 2.13. The molecule has 0 bridgehead atoms. The molecular formula is C19H35NO2. The monoisotopic (exact) mass is 309 g/mol. The lowest BCUT2D eigenvalue weighted by Gasteiger charge is -2.23. The summed E-state index contributed by atoms with van der Waals surface area (Å²) in [7, 11) is 0. The number of ether oxygens (including phenoxy) is 1. The Morgan fingerprint density at radius 3 is 2.00 bits per heavy atom. The standard InChI is InChI=1S/C12H17NO.C3H6O.C3H8.CH4/c1-10-2-4-11(5-3-10)14-12-6-8-13-9-7-12;1-2-3-4;1-3-2;/h2-5,12-13H,6-9H2,1H3;3H,2H2,1H3;3H2,1-2H3;1H4. The minimum Gasteiger partial charge on any atom is -0.490 e. The first kappa shape index (κ1) is 22.9. The van der Waals surface area contributed by atoms with Gasteiger partial charge < -0.3 is 14.8 Å². The van der Waals surface area contributed by atoms with Crippen LogP contribution in [0.2, 0.25) is 0 Å². The van der Waals surface area contributed by atoms with Crippen LogP contribution in [0.15, 0.2) is 24.3 Å². The molecule has 3 nitrogen and oxygen atoms in total. The van der Waals surface area contributed by atoms with Crippen LogP contribution in [0.25, 0.3) is 0 Å². The fourth-order valence-corrected chi connectivity index (χ4v) is 1.72. The van der Waals surface area contributed by atoms with Gasteiger partial charge in [0.15, 0.2) is 0 Å². The van der Waals surface area contributed by atoms with Crippen molar-refractivity contribution in [3.8, 4) is 5.75 Å². The maximum absolute atomic E-state index is 9.17. The molecule has 0 spiro atoms. The maximum Gasteiger partial charge on any atom is 0.119 e. The predicted molar refractivity (Wildman–Crippen MR) is 96.7 cm³/mol. The minimum atomic E-state index is 0. The van der Waals surface area contributed by atoms with E-state index in [-0.39, 0.29) is 7.43 Å². The summed E-state index contributed by atoms with van der Waals surface area (Å²) >= 11 is 0. The van der Waals surface area contributed by atoms with Crippen LogP contribution in [0.3, 0.4) is 0 Å². The van der Waals surface area contributed by atoms with Crippen LogP contribution >= 0.6 is 0 Å². The molecule has 1 saturated heterocycles. The molecule has 1 N–H and O–H groups in total. The minimum absolute atomic E-state index is 0. The van der Waals surface area contributed by atoms with Crippen LogP contribution in [0.1, 0.15) is 59.4 Å². The van der Waals surface area contributed by atoms with E-state index in [2.05, 4.69) is 50.4 Å². The SMILES string of the molecule is C.CCC.CCC=O.Cc1ccc(OC2CCNCC2)cc1. The number of nitrogens with one attached hydrogen (secondary N) is 1. The highest BCUT2D eigenvalue weighted by molar-refractivity contribution is 5.48. The van der Waals surface area contributed by atoms with Crippen molar-refractivity contribution in [3.63, 3.8) is 0 Å². The van der Waals surface area contributed by atoms with E-state index in [1.807, 2.05) is 6.92 Å². The Bertz CT molecular complexity index is 343. The van der Waals surface area contributed by atoms with Crippen LogP contribution in [0, 0.1) is 6.92 Å². The number of benzene rings is 1. The van der Waals surface area contributed by atoms with E-state index in [9.17, 15) is 4.79 Å². The molecule has 1 heterocycles. The summed E-state index contributed by atoms with van der Waals surface area (Å²) < 4.78 is 5.87. The molecule has 0 aromatic heterocycles. The third-order valence-corrected chi connectivity index (χ3v) is 2.78. The first-order chi connectivity index (χ1) is 10.2. The van der Waals surface area contributed by atoms with Gasteiger partial charge in [0.05, 0.1) is 0 Å². The van der Waals surface area contributed by atoms with Crippen molar-refractivity contribution in [2.45, 2.75) is 66.9 Å². The van der Waals surface area contributed by atoms with Gasteiger partial charge in [0.2, 0.25) is 0 Å². The molecule has 0 aliphatic carbocycles. The fourth-order valence-electron chi connectivity index (χ4n) is 1.72. The first-order valence-electron chi connectivity index (χ1n) is 8.05. The molecular weight excluding hydrogens is 274 g/mol. The molecule has 3 heteroatoms. The number of carbonyl (C=O) groups is 1. The van der Waals surface area contributed by atoms with E-state index >= 15 is 0 Å². The second-order valence-corrected chi connectivity index (χ2v) is 5.16. The van der Waals surface area contributed by atoms with Crippen LogP contribution < -0.4 is 10.1 Å². The zero-order chi connectivity index (χ0) is 15.9. The fraction of sp³-hybridized carbons (Fsp3) is 0.632. The Kier molecular flexibility index (Phi) is 16.7. The zero-order valence-electron chi connectivity index (χ0n) is 14.0. The number of hydrogen-bond acceptors (Lipinski definition) is 3. The highest BCUT2D eigenvalue weighted by atomic mass is 16.5. The van der Waals surface area contributed by atoms with Crippen molar-refractivity contribution >= 4 is 6.29 Å². The molecule has 0 amide bonds. The molecule has 0 saturated carbocycles. The Hall–Kier alpha value is -1.35. The Balaban J connectivity index is 0. The van der Waals surface area contributed by atoms with Gasteiger partial charge in [0.25, 0.3) is 0 Å². The average molecular weight is 309 g/mol. The molecule has 1 aromatic rings. The third-order valence-electron chi connectivity index (χ3n) is 2.78. The average Bonchev–Trinajstić information content (AvgIpc) is 2.52. The molecule has 0 unspecified atom stereocenters. The largest absolute Gasteiger partial charge is 0.490 e. The van der Waals surface area contributed by atoms with Gasteiger partial charge in [0.1, 0.15) is 18.1 Å². The highest BCUT2D eigenvalue weighted by Crippen LogP contribution is 2.16. The number of rotatable bonds is 3. The molecule has 1 aliphatic rings. The predicted octanol–water partition coefficient (Wildman–Crippen LogP) is 4.77. The molecule has 2 rings (SSSR count). The van der Waals surface area contributed by atoms with Crippen LogP contribution in [-0.4, -0.2) is 25.5 Å². The number of aldehydes is 1. The van der Waals surface area contributed by atoms with Gasteiger partial charge in [-0.3, -0.25) is 0 Å². The van der Waals surface area contributed by atoms with E-state index < -0.39 is 0 Å². The topological polar surface area (TPSA) is 38.3 Å². The Morgan fingerprint density at radius 1 is 1.14 bits per heavy atom. The summed E-state index contributed by atoms with van der Waals surface area (Å²) in [6, 6.07) is 8.29. The number of aryl methyl sites for hydroxylation is 1. The smallest absolute Gasteiger partial charge is 0.119 e. The van der Waals surface area contributed by atoms with Crippen molar-refractivity contribution in [2.75, 3.05) is 13.1 Å². The second kappa shape index (κ2) is 16.0. The molecule has 0 radical (unpaired) electrons. The number of carbonyl (C=O) groups excluding carboxylic acids is 1. The van der Waals surface area contributed by atoms with Crippen LogP contribution in [-0.2, 0) is 4.79 Å². The summed E-state index contributed by atoms with van der Waals surface area (Å²) in [5.74, 6) is 1.00. The van der Waals surface area contributed by atoms with Crippen molar-refractivity contribution in [3.05, 3.63) is 29.8 Å². The molecule has 1 fully saturated rings. The van der Waals surface area contributed by atoms with Crippen molar-refractivity contribution < 1.29 is 9.53 Å². The van der Waals surface area contributed by atoms with Gasteiger partial charge in [-0.05, 0) is 45.0 Å². The summed E-state index contributed by atoms with van der Waals surface area (Å²) in [6.45, 7) is 10.3. The summed E-state index contributed by atoms with van der Waals surface area (Å²) in [4.78, 5) is 9.17. The van der Waals surface area contributed by atoms with E-state index in [0.29, 0.717) is 12.5 Å². The first-order valence-corrected chi connectivity index (χ1v) is 8.05. The van der Waals surface area contributed by atoms with Crippen molar-refractivity contribution in [1.29, 1.82) is 0 Å². The molecule has 22 heavy (non-hydrogen) atoms. The van der Waals surface area contributed by atoms with Gasteiger partial charge in [-0.1, -0.05) is 52.3 Å².